The van der Waals surface area contributed by atoms with Crippen LogP contribution in [0.4, 0.5) is 0 Å². The van der Waals surface area contributed by atoms with E-state index in [0.717, 1.165) is 29.9 Å². The third-order valence-corrected chi connectivity index (χ3v) is 4.25. The van der Waals surface area contributed by atoms with Gasteiger partial charge in [0.2, 0.25) is 11.7 Å². The maximum Gasteiger partial charge on any atom is 0.230 e. The first-order valence-electron chi connectivity index (χ1n) is 7.24. The van der Waals surface area contributed by atoms with Crippen LogP contribution in [0.1, 0.15) is 43.1 Å². The van der Waals surface area contributed by atoms with Gasteiger partial charge in [-0.3, -0.25) is 4.98 Å². The maximum atomic E-state index is 5.87. The number of pyridine rings is 1. The van der Waals surface area contributed by atoms with Crippen LogP contribution in [0.15, 0.2) is 23.0 Å². The van der Waals surface area contributed by atoms with Crippen molar-refractivity contribution in [2.45, 2.75) is 38.5 Å². The molecule has 5 heteroatoms. The molecule has 2 aromatic rings. The first-order valence-corrected chi connectivity index (χ1v) is 7.24. The number of aryl methyl sites for hydroxylation is 1. The number of nitrogens with two attached hydrogens (primary N) is 1. The van der Waals surface area contributed by atoms with Crippen LogP contribution in [0.25, 0.3) is 11.4 Å². The summed E-state index contributed by atoms with van der Waals surface area (Å²) in [6.07, 6.45) is 8.27. The molecule has 0 amide bonds. The van der Waals surface area contributed by atoms with Gasteiger partial charge >= 0.3 is 0 Å². The van der Waals surface area contributed by atoms with E-state index >= 15 is 0 Å². The summed E-state index contributed by atoms with van der Waals surface area (Å²) in [5.41, 5.74) is 7.91. The SMILES string of the molecule is Cc1ccncc1-c1noc(C2CCCCC2CN)n1. The Morgan fingerprint density at radius 2 is 2.20 bits per heavy atom. The van der Waals surface area contributed by atoms with Crippen LogP contribution in [0.3, 0.4) is 0 Å². The van der Waals surface area contributed by atoms with E-state index in [1.165, 1.54) is 12.8 Å². The van der Waals surface area contributed by atoms with Crippen molar-refractivity contribution >= 4 is 0 Å². The lowest BCUT2D eigenvalue weighted by molar-refractivity contribution is 0.249. The molecule has 0 spiro atoms. The van der Waals surface area contributed by atoms with Gasteiger partial charge in [0.25, 0.3) is 0 Å². The summed E-state index contributed by atoms with van der Waals surface area (Å²) in [6.45, 7) is 2.71. The van der Waals surface area contributed by atoms with Crippen LogP contribution >= 0.6 is 0 Å². The smallest absolute Gasteiger partial charge is 0.230 e. The van der Waals surface area contributed by atoms with Gasteiger partial charge in [0.05, 0.1) is 0 Å². The summed E-state index contributed by atoms with van der Waals surface area (Å²) in [4.78, 5) is 8.72. The summed E-state index contributed by atoms with van der Waals surface area (Å²) >= 11 is 0. The zero-order chi connectivity index (χ0) is 13.9. The minimum atomic E-state index is 0.312. The second-order valence-electron chi connectivity index (χ2n) is 5.53. The molecule has 20 heavy (non-hydrogen) atoms. The van der Waals surface area contributed by atoms with E-state index in [9.17, 15) is 0 Å². The van der Waals surface area contributed by atoms with Crippen LogP contribution in [-0.2, 0) is 0 Å². The largest absolute Gasteiger partial charge is 0.339 e. The van der Waals surface area contributed by atoms with Crippen molar-refractivity contribution in [1.29, 1.82) is 0 Å². The van der Waals surface area contributed by atoms with Crippen molar-refractivity contribution in [2.24, 2.45) is 11.7 Å². The van der Waals surface area contributed by atoms with E-state index in [0.29, 0.717) is 24.2 Å². The molecule has 2 aromatic heterocycles. The molecule has 3 rings (SSSR count). The van der Waals surface area contributed by atoms with E-state index in [2.05, 4.69) is 15.1 Å². The standard InChI is InChI=1S/C15H20N4O/c1-10-6-7-17-9-13(10)14-18-15(20-19-14)12-5-3-2-4-11(12)8-16/h6-7,9,11-12H,2-5,8,16H2,1H3. The Kier molecular flexibility index (Phi) is 3.78. The number of rotatable bonds is 3. The lowest BCUT2D eigenvalue weighted by Crippen LogP contribution is -2.25. The van der Waals surface area contributed by atoms with E-state index < -0.39 is 0 Å². The van der Waals surface area contributed by atoms with E-state index in [4.69, 9.17) is 10.3 Å². The average Bonchev–Trinajstić information content (AvgIpc) is 2.97. The lowest BCUT2D eigenvalue weighted by Gasteiger charge is -2.27. The molecule has 0 aliphatic heterocycles. The number of hydrogen-bond donors (Lipinski definition) is 1. The normalized spacial score (nSPS) is 22.9. The number of hydrogen-bond acceptors (Lipinski definition) is 5. The molecule has 0 bridgehead atoms. The van der Waals surface area contributed by atoms with Gasteiger partial charge < -0.3 is 10.3 Å². The third-order valence-electron chi connectivity index (χ3n) is 4.25. The Bertz CT molecular complexity index is 581. The zero-order valence-corrected chi connectivity index (χ0v) is 11.7. The third kappa shape index (κ3) is 2.45. The highest BCUT2D eigenvalue weighted by Gasteiger charge is 2.30. The van der Waals surface area contributed by atoms with Gasteiger partial charge in [-0.1, -0.05) is 18.0 Å². The monoisotopic (exact) mass is 272 g/mol. The summed E-state index contributed by atoms with van der Waals surface area (Å²) in [6, 6.07) is 1.95. The molecule has 2 heterocycles. The highest BCUT2D eigenvalue weighted by atomic mass is 16.5. The summed E-state index contributed by atoms with van der Waals surface area (Å²) in [7, 11) is 0. The van der Waals surface area contributed by atoms with Gasteiger partial charge in [-0.2, -0.15) is 4.98 Å². The summed E-state index contributed by atoms with van der Waals surface area (Å²) in [5.74, 6) is 2.14. The Balaban J connectivity index is 1.88. The Morgan fingerprint density at radius 1 is 1.35 bits per heavy atom. The Morgan fingerprint density at radius 3 is 3.00 bits per heavy atom. The molecule has 2 N–H and O–H groups in total. The van der Waals surface area contributed by atoms with Crippen molar-refractivity contribution in [3.05, 3.63) is 29.9 Å². The summed E-state index contributed by atoms with van der Waals surface area (Å²) in [5, 5.41) is 4.12. The van der Waals surface area contributed by atoms with E-state index in [1.807, 2.05) is 13.0 Å². The van der Waals surface area contributed by atoms with Crippen LogP contribution in [0, 0.1) is 12.8 Å². The Labute approximate surface area is 118 Å². The molecule has 106 valence electrons. The molecule has 2 atom stereocenters. The second-order valence-corrected chi connectivity index (χ2v) is 5.53. The lowest BCUT2D eigenvalue weighted by atomic mass is 9.79. The molecular weight excluding hydrogens is 252 g/mol. The van der Waals surface area contributed by atoms with Gasteiger partial charge in [0.15, 0.2) is 0 Å². The molecule has 0 aromatic carbocycles. The molecule has 1 saturated carbocycles. The Hall–Kier alpha value is -1.75. The molecule has 2 unspecified atom stereocenters. The topological polar surface area (TPSA) is 77.8 Å². The molecule has 1 aliphatic rings. The highest BCUT2D eigenvalue weighted by molar-refractivity contribution is 5.57. The predicted molar refractivity (Wildman–Crippen MR) is 76.0 cm³/mol. The number of aromatic nitrogens is 3. The molecule has 0 radical (unpaired) electrons. The molecule has 5 nitrogen and oxygen atoms in total. The highest BCUT2D eigenvalue weighted by Crippen LogP contribution is 2.37. The fraction of sp³-hybridized carbons (Fsp3) is 0.533. The fourth-order valence-corrected chi connectivity index (χ4v) is 3.01. The van der Waals surface area contributed by atoms with Gasteiger partial charge in [0, 0.05) is 23.9 Å². The van der Waals surface area contributed by atoms with E-state index in [-0.39, 0.29) is 0 Å². The molecule has 0 saturated heterocycles. The van der Waals surface area contributed by atoms with Crippen molar-refractivity contribution in [3.8, 4) is 11.4 Å². The van der Waals surface area contributed by atoms with Crippen LogP contribution < -0.4 is 5.73 Å². The van der Waals surface area contributed by atoms with Crippen molar-refractivity contribution in [1.82, 2.24) is 15.1 Å². The van der Waals surface area contributed by atoms with Crippen molar-refractivity contribution in [3.63, 3.8) is 0 Å². The zero-order valence-electron chi connectivity index (χ0n) is 11.7. The minimum absolute atomic E-state index is 0.312. The van der Waals surface area contributed by atoms with Crippen molar-refractivity contribution in [2.75, 3.05) is 6.54 Å². The quantitative estimate of drug-likeness (QED) is 0.929. The van der Waals surface area contributed by atoms with Gasteiger partial charge in [-0.05, 0) is 43.9 Å². The first-order chi connectivity index (χ1) is 9.79. The predicted octanol–water partition coefficient (Wildman–Crippen LogP) is 2.67. The van der Waals surface area contributed by atoms with Crippen LogP contribution in [-0.4, -0.2) is 21.7 Å². The van der Waals surface area contributed by atoms with Crippen LogP contribution in [0.2, 0.25) is 0 Å². The fourth-order valence-electron chi connectivity index (χ4n) is 3.01. The summed E-state index contributed by atoms with van der Waals surface area (Å²) < 4.78 is 5.50. The molecule has 1 fully saturated rings. The van der Waals surface area contributed by atoms with Gasteiger partial charge in [-0.15, -0.1) is 0 Å². The van der Waals surface area contributed by atoms with Gasteiger partial charge in [0.1, 0.15) is 0 Å². The van der Waals surface area contributed by atoms with E-state index in [1.54, 1.807) is 12.4 Å². The molecule has 1 aliphatic carbocycles. The first kappa shape index (κ1) is 13.2. The molecular formula is C15H20N4O. The maximum absolute atomic E-state index is 5.87. The second kappa shape index (κ2) is 5.71. The van der Waals surface area contributed by atoms with Crippen molar-refractivity contribution < 1.29 is 4.52 Å². The minimum Gasteiger partial charge on any atom is -0.339 e. The van der Waals surface area contributed by atoms with Gasteiger partial charge in [-0.25, -0.2) is 0 Å². The number of nitrogens with zero attached hydrogens (tertiary/aromatic N) is 3. The average molecular weight is 272 g/mol. The van der Waals surface area contributed by atoms with Crippen LogP contribution in [0.5, 0.6) is 0 Å².